The highest BCUT2D eigenvalue weighted by Crippen LogP contribution is 2.33. The molecule has 0 saturated carbocycles. The maximum atomic E-state index is 13.8. The van der Waals surface area contributed by atoms with E-state index < -0.39 is 23.7 Å². The lowest BCUT2D eigenvalue weighted by Gasteiger charge is -2.43. The Morgan fingerprint density at radius 2 is 1.64 bits per heavy atom. The summed E-state index contributed by atoms with van der Waals surface area (Å²) in [6.07, 6.45) is 1.44. The largest absolute Gasteiger partial charge is 0.416 e. The van der Waals surface area contributed by atoms with Gasteiger partial charge in [0.25, 0.3) is 11.8 Å². The molecule has 292 valence electrons. The zero-order chi connectivity index (χ0) is 39.1. The number of benzene rings is 3. The van der Waals surface area contributed by atoms with E-state index in [4.69, 9.17) is 0 Å². The van der Waals surface area contributed by atoms with Crippen LogP contribution in [0.1, 0.15) is 63.1 Å². The van der Waals surface area contributed by atoms with Crippen LogP contribution in [0.5, 0.6) is 0 Å². The molecule has 4 aromatic rings. The van der Waals surface area contributed by atoms with Gasteiger partial charge in [0.1, 0.15) is 6.04 Å². The fourth-order valence-electron chi connectivity index (χ4n) is 8.32. The number of fused-ring (bicyclic) bond motifs is 1. The molecule has 1 atom stereocenters. The highest BCUT2D eigenvalue weighted by atomic mass is 19.4. The van der Waals surface area contributed by atoms with Crippen LogP contribution in [-0.4, -0.2) is 99.2 Å². The van der Waals surface area contributed by atoms with Gasteiger partial charge in [-0.25, -0.2) is 4.98 Å². The van der Waals surface area contributed by atoms with Crippen LogP contribution in [0.3, 0.4) is 0 Å². The summed E-state index contributed by atoms with van der Waals surface area (Å²) in [6, 6.07) is 16.1. The molecule has 4 aliphatic rings. The number of aromatic nitrogens is 2. The first kappa shape index (κ1) is 37.2. The molecular formula is C41H43F3N8O4. The van der Waals surface area contributed by atoms with Crippen LogP contribution in [0.4, 0.5) is 24.5 Å². The number of imidazole rings is 1. The van der Waals surface area contributed by atoms with Crippen LogP contribution in [0, 0.1) is 0 Å². The number of hydrogen-bond donors (Lipinski definition) is 2. The first-order valence-electron chi connectivity index (χ1n) is 19.0. The van der Waals surface area contributed by atoms with Crippen LogP contribution in [0.25, 0.3) is 11.3 Å². The second-order valence-electron chi connectivity index (χ2n) is 15.0. The zero-order valence-electron chi connectivity index (χ0n) is 31.0. The lowest BCUT2D eigenvalue weighted by molar-refractivity contribution is -0.138. The monoisotopic (exact) mass is 768 g/mol. The number of imide groups is 1. The number of alkyl halides is 3. The number of carbonyl (C=O) groups is 4. The molecule has 4 amide bonds. The number of hydrogen-bond acceptors (Lipinski definition) is 8. The van der Waals surface area contributed by atoms with Crippen molar-refractivity contribution < 1.29 is 32.3 Å². The Balaban J connectivity index is 0.857. The van der Waals surface area contributed by atoms with Crippen molar-refractivity contribution >= 4 is 35.0 Å². The fraction of sp³-hybridized carbons (Fsp3) is 0.390. The summed E-state index contributed by atoms with van der Waals surface area (Å²) >= 11 is 0. The van der Waals surface area contributed by atoms with E-state index in [2.05, 4.69) is 31.5 Å². The van der Waals surface area contributed by atoms with E-state index in [-0.39, 0.29) is 24.1 Å². The Morgan fingerprint density at radius 3 is 2.32 bits per heavy atom. The minimum Gasteiger partial charge on any atom is -0.380 e. The molecule has 8 rings (SSSR count). The minimum absolute atomic E-state index is 0.0500. The SMILES string of the molecule is Cn1cnc(-c2cc(C(=O)N3CCC(N4CCN(c5ccc6c(c5)CN([C@H]5CCC(=O)NC5=O)C6=O)CC4)CC3)ccc2NCc2ccc(C(F)(F)F)cc2)c1. The maximum absolute atomic E-state index is 13.8. The first-order chi connectivity index (χ1) is 26.9. The van der Waals surface area contributed by atoms with Gasteiger partial charge in [-0.15, -0.1) is 0 Å². The molecule has 15 heteroatoms. The minimum atomic E-state index is -4.39. The summed E-state index contributed by atoms with van der Waals surface area (Å²) in [5.74, 6) is -0.937. The summed E-state index contributed by atoms with van der Waals surface area (Å²) in [5.41, 5.74) is 5.23. The predicted molar refractivity (Wildman–Crippen MR) is 203 cm³/mol. The van der Waals surface area contributed by atoms with Crippen molar-refractivity contribution in [1.82, 2.24) is 29.6 Å². The summed E-state index contributed by atoms with van der Waals surface area (Å²) in [4.78, 5) is 63.9. The normalized spacial score (nSPS) is 19.7. The fourth-order valence-corrected chi connectivity index (χ4v) is 8.32. The number of rotatable bonds is 8. The quantitative estimate of drug-likeness (QED) is 0.243. The number of nitrogens with one attached hydrogen (secondary N) is 2. The van der Waals surface area contributed by atoms with Gasteiger partial charge in [0.05, 0.1) is 17.6 Å². The lowest BCUT2D eigenvalue weighted by Crippen LogP contribution is -2.53. The summed E-state index contributed by atoms with van der Waals surface area (Å²) in [5, 5.41) is 5.68. The number of likely N-dealkylation sites (tertiary alicyclic amines) is 1. The standard InChI is InChI=1S/C41H43F3N8O4/c1-48-24-35(46-25-48)33-21-27(4-9-34(33)45-22-26-2-5-29(6-3-26)41(42,43)44)39(55)51-14-12-30(13-15-51)49-16-18-50(19-17-49)31-7-8-32-28(20-31)23-52(40(32)56)36-10-11-37(53)47-38(36)54/h2-9,20-21,24-25,30,36,45H,10-19,22-23H2,1H3,(H,47,53,54)/t36-/m0/s1. The van der Waals surface area contributed by atoms with E-state index in [0.717, 1.165) is 73.7 Å². The van der Waals surface area contributed by atoms with Crippen molar-refractivity contribution in [3.8, 4) is 11.3 Å². The molecular weight excluding hydrogens is 725 g/mol. The van der Waals surface area contributed by atoms with Gasteiger partial charge >= 0.3 is 6.18 Å². The van der Waals surface area contributed by atoms with Gasteiger partial charge in [-0.3, -0.25) is 29.4 Å². The van der Waals surface area contributed by atoms with Gasteiger partial charge in [-0.05, 0) is 78.9 Å². The van der Waals surface area contributed by atoms with Crippen molar-refractivity contribution in [2.24, 2.45) is 7.05 Å². The molecule has 0 spiro atoms. The van der Waals surface area contributed by atoms with Gasteiger partial charge < -0.3 is 24.6 Å². The van der Waals surface area contributed by atoms with E-state index in [1.807, 2.05) is 47.0 Å². The van der Waals surface area contributed by atoms with Crippen molar-refractivity contribution in [2.45, 2.75) is 57.0 Å². The molecule has 3 fully saturated rings. The van der Waals surface area contributed by atoms with Crippen molar-refractivity contribution in [3.63, 3.8) is 0 Å². The molecule has 0 bridgehead atoms. The summed E-state index contributed by atoms with van der Waals surface area (Å²) in [7, 11) is 1.86. The van der Waals surface area contributed by atoms with Crippen LogP contribution >= 0.6 is 0 Å². The smallest absolute Gasteiger partial charge is 0.380 e. The van der Waals surface area contributed by atoms with Crippen LogP contribution in [-0.2, 0) is 35.9 Å². The average Bonchev–Trinajstić information content (AvgIpc) is 3.78. The topological polar surface area (TPSA) is 123 Å². The van der Waals surface area contributed by atoms with Crippen LogP contribution in [0.2, 0.25) is 0 Å². The van der Waals surface area contributed by atoms with E-state index in [0.29, 0.717) is 61.0 Å². The Hall–Kier alpha value is -5.70. The maximum Gasteiger partial charge on any atom is 0.416 e. The number of carbonyl (C=O) groups excluding carboxylic acids is 4. The van der Waals surface area contributed by atoms with Crippen molar-refractivity contribution in [1.29, 1.82) is 0 Å². The van der Waals surface area contributed by atoms with Crippen molar-refractivity contribution in [3.05, 3.63) is 101 Å². The third kappa shape index (κ3) is 7.59. The second-order valence-corrected chi connectivity index (χ2v) is 15.0. The van der Waals surface area contributed by atoms with Crippen LogP contribution < -0.4 is 15.5 Å². The van der Waals surface area contributed by atoms with E-state index in [1.54, 1.807) is 17.3 Å². The second kappa shape index (κ2) is 15.1. The Labute approximate surface area is 322 Å². The number of piperazine rings is 1. The van der Waals surface area contributed by atoms with Gasteiger partial charge in [0.15, 0.2) is 0 Å². The van der Waals surface area contributed by atoms with Gasteiger partial charge in [0, 0.05) is 106 Å². The number of aryl methyl sites for hydroxylation is 1. The van der Waals surface area contributed by atoms with Gasteiger partial charge in [0.2, 0.25) is 11.8 Å². The van der Waals surface area contributed by atoms with E-state index in [1.165, 1.54) is 12.1 Å². The Morgan fingerprint density at radius 1 is 0.893 bits per heavy atom. The molecule has 0 radical (unpaired) electrons. The zero-order valence-corrected chi connectivity index (χ0v) is 31.0. The molecule has 2 N–H and O–H groups in total. The Kier molecular flexibility index (Phi) is 10.0. The number of amides is 4. The highest BCUT2D eigenvalue weighted by molar-refractivity contribution is 6.05. The number of piperidine rings is 2. The average molecular weight is 769 g/mol. The predicted octanol–water partition coefficient (Wildman–Crippen LogP) is 4.91. The molecule has 0 aliphatic carbocycles. The third-order valence-electron chi connectivity index (χ3n) is 11.5. The summed E-state index contributed by atoms with van der Waals surface area (Å²) in [6.45, 7) is 5.35. The molecule has 3 saturated heterocycles. The van der Waals surface area contributed by atoms with E-state index in [9.17, 15) is 32.3 Å². The molecule has 56 heavy (non-hydrogen) atoms. The number of nitrogens with zero attached hydrogens (tertiary/aromatic N) is 6. The molecule has 1 aromatic heterocycles. The van der Waals surface area contributed by atoms with Crippen LogP contribution in [0.15, 0.2) is 73.2 Å². The molecule has 0 unspecified atom stereocenters. The third-order valence-corrected chi connectivity index (χ3v) is 11.5. The van der Waals surface area contributed by atoms with Gasteiger partial charge in [-0.2, -0.15) is 13.2 Å². The highest BCUT2D eigenvalue weighted by Gasteiger charge is 2.39. The van der Waals surface area contributed by atoms with Crippen molar-refractivity contribution in [2.75, 3.05) is 49.5 Å². The molecule has 4 aliphatic heterocycles. The molecule has 12 nitrogen and oxygen atoms in total. The van der Waals surface area contributed by atoms with E-state index >= 15 is 0 Å². The number of halogens is 3. The summed E-state index contributed by atoms with van der Waals surface area (Å²) < 4.78 is 40.9. The number of anilines is 2. The molecule has 3 aromatic carbocycles. The molecule has 5 heterocycles. The first-order valence-corrected chi connectivity index (χ1v) is 19.0. The van der Waals surface area contributed by atoms with Gasteiger partial charge in [-0.1, -0.05) is 12.1 Å². The Bertz CT molecular complexity index is 2150. The lowest BCUT2D eigenvalue weighted by atomic mass is 10.00.